The molecule has 2 N–H and O–H groups in total. The first kappa shape index (κ1) is 15.6. The van der Waals surface area contributed by atoms with E-state index >= 15 is 0 Å². The first-order valence-corrected chi connectivity index (χ1v) is 8.61. The van der Waals surface area contributed by atoms with Crippen LogP contribution in [0.4, 0.5) is 4.79 Å². The summed E-state index contributed by atoms with van der Waals surface area (Å²) in [6, 6.07) is 8.85. The number of amides is 1. The molecule has 1 aromatic rings. The first-order chi connectivity index (χ1) is 9.40. The van der Waals surface area contributed by atoms with Crippen LogP contribution in [0.25, 0.3) is 0 Å². The number of primary amides is 1. The Kier molecular flexibility index (Phi) is 4.91. The smallest absolute Gasteiger partial charge is 0.404 e. The van der Waals surface area contributed by atoms with Crippen LogP contribution in [0.3, 0.4) is 0 Å². The Morgan fingerprint density at radius 2 is 2.10 bits per heavy atom. The van der Waals surface area contributed by atoms with Gasteiger partial charge in [-0.2, -0.15) is 0 Å². The summed E-state index contributed by atoms with van der Waals surface area (Å²) < 4.78 is 4.94. The standard InChI is InChI=1S/C15H21NO2S2/c1-10(2)11-4-6-12(7-5-11)15(3)19-9-13(20-15)8-18-14(16)17/h4-7,10,13H,8-9H2,1-3H3,(H2,16,17)/t13?,15-/m0/s1. The molecular weight excluding hydrogens is 290 g/mol. The van der Waals surface area contributed by atoms with Crippen molar-refractivity contribution >= 4 is 29.6 Å². The Hall–Kier alpha value is -0.810. The zero-order valence-corrected chi connectivity index (χ0v) is 13.7. The molecule has 1 fully saturated rings. The fourth-order valence-corrected chi connectivity index (χ4v) is 5.53. The number of hydrogen-bond acceptors (Lipinski definition) is 4. The van der Waals surface area contributed by atoms with Crippen molar-refractivity contribution < 1.29 is 9.53 Å². The van der Waals surface area contributed by atoms with Gasteiger partial charge in [0.1, 0.15) is 6.61 Å². The van der Waals surface area contributed by atoms with Gasteiger partial charge in [-0.15, -0.1) is 23.5 Å². The van der Waals surface area contributed by atoms with Gasteiger partial charge in [0.2, 0.25) is 0 Å². The van der Waals surface area contributed by atoms with Crippen molar-refractivity contribution in [1.29, 1.82) is 0 Å². The summed E-state index contributed by atoms with van der Waals surface area (Å²) >= 11 is 3.76. The van der Waals surface area contributed by atoms with E-state index in [1.165, 1.54) is 11.1 Å². The minimum Gasteiger partial charge on any atom is -0.448 e. The Bertz CT molecular complexity index is 475. The van der Waals surface area contributed by atoms with Crippen LogP contribution in [0.5, 0.6) is 0 Å². The van der Waals surface area contributed by atoms with Crippen molar-refractivity contribution in [2.45, 2.75) is 36.0 Å². The average Bonchev–Trinajstić information content (AvgIpc) is 2.80. The second kappa shape index (κ2) is 6.31. The molecule has 1 heterocycles. The largest absolute Gasteiger partial charge is 0.448 e. The van der Waals surface area contributed by atoms with Crippen molar-refractivity contribution in [2.75, 3.05) is 12.4 Å². The van der Waals surface area contributed by atoms with Gasteiger partial charge in [0.15, 0.2) is 0 Å². The molecule has 5 heteroatoms. The molecule has 1 aromatic carbocycles. The molecule has 0 aromatic heterocycles. The number of ether oxygens (including phenoxy) is 1. The molecule has 3 nitrogen and oxygen atoms in total. The van der Waals surface area contributed by atoms with Gasteiger partial charge >= 0.3 is 6.09 Å². The number of thioether (sulfide) groups is 2. The van der Waals surface area contributed by atoms with Crippen LogP contribution in [0.2, 0.25) is 0 Å². The van der Waals surface area contributed by atoms with E-state index in [2.05, 4.69) is 45.0 Å². The minimum absolute atomic E-state index is 0.0290. The third kappa shape index (κ3) is 3.64. The number of carbonyl (C=O) groups excluding carboxylic acids is 1. The molecule has 110 valence electrons. The van der Waals surface area contributed by atoms with Gasteiger partial charge in [0.05, 0.1) is 4.08 Å². The lowest BCUT2D eigenvalue weighted by Crippen LogP contribution is -2.20. The lowest BCUT2D eigenvalue weighted by molar-refractivity contribution is 0.159. The summed E-state index contributed by atoms with van der Waals surface area (Å²) in [6.07, 6.45) is -0.689. The highest BCUT2D eigenvalue weighted by molar-refractivity contribution is 8.20. The van der Waals surface area contributed by atoms with E-state index in [4.69, 9.17) is 10.5 Å². The molecule has 1 unspecified atom stereocenters. The molecule has 0 spiro atoms. The first-order valence-electron chi connectivity index (χ1n) is 6.75. The van der Waals surface area contributed by atoms with E-state index in [1.54, 1.807) is 0 Å². The number of carbonyl (C=O) groups is 1. The number of nitrogens with two attached hydrogens (primary N) is 1. The Morgan fingerprint density at radius 1 is 1.45 bits per heavy atom. The van der Waals surface area contributed by atoms with Gasteiger partial charge in [0.25, 0.3) is 0 Å². The molecule has 1 aliphatic rings. The molecule has 1 amide bonds. The lowest BCUT2D eigenvalue weighted by atomic mass is 10.0. The van der Waals surface area contributed by atoms with Crippen LogP contribution in [0.1, 0.15) is 37.8 Å². The second-order valence-corrected chi connectivity index (χ2v) is 8.82. The molecule has 1 saturated heterocycles. The Balaban J connectivity index is 2.03. The van der Waals surface area contributed by atoms with Crippen molar-refractivity contribution in [3.05, 3.63) is 35.4 Å². The molecular formula is C15H21NO2S2. The van der Waals surface area contributed by atoms with Gasteiger partial charge in [-0.1, -0.05) is 38.1 Å². The molecule has 0 radical (unpaired) electrons. The third-order valence-electron chi connectivity index (χ3n) is 3.45. The Morgan fingerprint density at radius 3 is 2.65 bits per heavy atom. The zero-order chi connectivity index (χ0) is 14.8. The van der Waals surface area contributed by atoms with Crippen molar-refractivity contribution in [3.8, 4) is 0 Å². The molecule has 20 heavy (non-hydrogen) atoms. The second-order valence-electron chi connectivity index (χ2n) is 5.40. The van der Waals surface area contributed by atoms with Gasteiger partial charge in [-0.25, -0.2) is 4.79 Å². The predicted molar refractivity (Wildman–Crippen MR) is 87.3 cm³/mol. The highest BCUT2D eigenvalue weighted by Crippen LogP contribution is 2.54. The summed E-state index contributed by atoms with van der Waals surface area (Å²) in [4.78, 5) is 10.7. The Labute approximate surface area is 129 Å². The van der Waals surface area contributed by atoms with Gasteiger partial charge in [-0.05, 0) is 24.0 Å². The maximum absolute atomic E-state index is 10.7. The highest BCUT2D eigenvalue weighted by Gasteiger charge is 2.38. The van der Waals surface area contributed by atoms with Crippen LogP contribution in [-0.4, -0.2) is 23.7 Å². The molecule has 1 aliphatic heterocycles. The molecule has 2 atom stereocenters. The van der Waals surface area contributed by atoms with E-state index in [1.807, 2.05) is 23.5 Å². The van der Waals surface area contributed by atoms with E-state index in [0.29, 0.717) is 17.8 Å². The van der Waals surface area contributed by atoms with E-state index in [-0.39, 0.29) is 4.08 Å². The summed E-state index contributed by atoms with van der Waals surface area (Å²) in [6.45, 7) is 7.03. The van der Waals surface area contributed by atoms with Crippen LogP contribution in [0, 0.1) is 0 Å². The lowest BCUT2D eigenvalue weighted by Gasteiger charge is -2.23. The summed E-state index contributed by atoms with van der Waals surface area (Å²) in [5, 5.41) is 0.308. The molecule has 0 bridgehead atoms. The molecule has 0 aliphatic carbocycles. The number of rotatable bonds is 4. The van der Waals surface area contributed by atoms with E-state index in [0.717, 1.165) is 5.75 Å². The minimum atomic E-state index is -0.689. The molecule has 0 saturated carbocycles. The topological polar surface area (TPSA) is 52.3 Å². The van der Waals surface area contributed by atoms with Gasteiger partial charge < -0.3 is 10.5 Å². The zero-order valence-electron chi connectivity index (χ0n) is 12.1. The van der Waals surface area contributed by atoms with Crippen molar-refractivity contribution in [3.63, 3.8) is 0 Å². The normalized spacial score (nSPS) is 25.9. The third-order valence-corrected chi connectivity index (χ3v) is 6.98. The summed E-state index contributed by atoms with van der Waals surface area (Å²) in [5.74, 6) is 1.53. The average molecular weight is 311 g/mol. The van der Waals surface area contributed by atoms with Gasteiger partial charge in [0, 0.05) is 11.0 Å². The van der Waals surface area contributed by atoms with Crippen LogP contribution < -0.4 is 5.73 Å². The van der Waals surface area contributed by atoms with E-state index in [9.17, 15) is 4.79 Å². The SMILES string of the molecule is CC(C)c1ccc([C@@]2(C)SCC(COC(N)=O)S2)cc1. The van der Waals surface area contributed by atoms with Crippen LogP contribution in [-0.2, 0) is 8.82 Å². The van der Waals surface area contributed by atoms with Crippen molar-refractivity contribution in [1.82, 2.24) is 0 Å². The van der Waals surface area contributed by atoms with Crippen LogP contribution in [0.15, 0.2) is 24.3 Å². The maximum atomic E-state index is 10.7. The van der Waals surface area contributed by atoms with Crippen LogP contribution >= 0.6 is 23.5 Å². The summed E-state index contributed by atoms with van der Waals surface area (Å²) in [5.41, 5.74) is 7.70. The molecule has 2 rings (SSSR count). The quantitative estimate of drug-likeness (QED) is 0.915. The monoisotopic (exact) mass is 311 g/mol. The van der Waals surface area contributed by atoms with Gasteiger partial charge in [-0.3, -0.25) is 0 Å². The fourth-order valence-electron chi connectivity index (χ4n) is 2.22. The predicted octanol–water partition coefficient (Wildman–Crippen LogP) is 3.93. The van der Waals surface area contributed by atoms with E-state index < -0.39 is 6.09 Å². The number of hydrogen-bond donors (Lipinski definition) is 1. The summed E-state index contributed by atoms with van der Waals surface area (Å²) in [7, 11) is 0. The van der Waals surface area contributed by atoms with Crippen molar-refractivity contribution in [2.24, 2.45) is 5.73 Å². The number of benzene rings is 1. The highest BCUT2D eigenvalue weighted by atomic mass is 32.2. The maximum Gasteiger partial charge on any atom is 0.404 e. The fraction of sp³-hybridized carbons (Fsp3) is 0.533.